The van der Waals surface area contributed by atoms with Crippen molar-refractivity contribution >= 4 is 44.9 Å². The van der Waals surface area contributed by atoms with Gasteiger partial charge in [0.2, 0.25) is 5.88 Å². The molecule has 0 spiro atoms. The average Bonchev–Trinajstić information content (AvgIpc) is 2.73. The van der Waals surface area contributed by atoms with Crippen LogP contribution in [0.25, 0.3) is 0 Å². The predicted octanol–water partition coefficient (Wildman–Crippen LogP) is 6.15. The van der Waals surface area contributed by atoms with E-state index in [2.05, 4.69) is 22.0 Å². The van der Waals surface area contributed by atoms with Gasteiger partial charge in [-0.05, 0) is 36.8 Å². The van der Waals surface area contributed by atoms with Crippen molar-refractivity contribution in [2.24, 2.45) is 5.73 Å². The Morgan fingerprint density at radius 2 is 2.03 bits per heavy atom. The number of carbonyl (C=O) groups excluding carboxylic acids is 1. The Hall–Kier alpha value is -2.46. The van der Waals surface area contributed by atoms with Crippen LogP contribution < -0.4 is 10.5 Å². The summed E-state index contributed by atoms with van der Waals surface area (Å²) >= 11 is 15.7. The molecule has 0 bridgehead atoms. The number of halogens is 3. The van der Waals surface area contributed by atoms with E-state index in [-0.39, 0.29) is 23.8 Å². The van der Waals surface area contributed by atoms with Crippen LogP contribution in [0.3, 0.4) is 0 Å². The van der Waals surface area contributed by atoms with Gasteiger partial charge in [0.25, 0.3) is 0 Å². The first kappa shape index (κ1) is 21.8. The standard InChI is InChI=1S/C23H17BrCl2N2O3/c24-13-5-7-19(30-11-12-4-6-14(25)9-17(12)26)15(8-13)21-16(10-27)23(28)31-20-3-1-2-18(29)22(20)21/h4-9,21H,1-3,11,28H2/t21-/m1/s1. The molecular formula is C23H17BrCl2N2O3. The number of nitriles is 1. The number of hydrogen-bond donors (Lipinski definition) is 1. The predicted molar refractivity (Wildman–Crippen MR) is 121 cm³/mol. The average molecular weight is 520 g/mol. The van der Waals surface area contributed by atoms with E-state index in [9.17, 15) is 10.1 Å². The van der Waals surface area contributed by atoms with Crippen LogP contribution in [0.4, 0.5) is 0 Å². The lowest BCUT2D eigenvalue weighted by Crippen LogP contribution is -2.27. The quantitative estimate of drug-likeness (QED) is 0.523. The van der Waals surface area contributed by atoms with Crippen LogP contribution in [-0.4, -0.2) is 5.78 Å². The van der Waals surface area contributed by atoms with E-state index in [4.69, 9.17) is 38.4 Å². The lowest BCUT2D eigenvalue weighted by atomic mass is 9.77. The Morgan fingerprint density at radius 1 is 1.23 bits per heavy atom. The monoisotopic (exact) mass is 518 g/mol. The zero-order valence-corrected chi connectivity index (χ0v) is 19.4. The lowest BCUT2D eigenvalue weighted by molar-refractivity contribution is -0.116. The van der Waals surface area contributed by atoms with Crippen LogP contribution in [0.1, 0.15) is 36.3 Å². The normalized spacial score (nSPS) is 18.4. The fourth-order valence-corrected chi connectivity index (χ4v) is 4.68. The van der Waals surface area contributed by atoms with Crippen LogP contribution in [0.15, 0.2) is 63.7 Å². The lowest BCUT2D eigenvalue weighted by Gasteiger charge is -2.31. The molecule has 0 amide bonds. The summed E-state index contributed by atoms with van der Waals surface area (Å²) in [6.45, 7) is 0.189. The molecule has 2 aromatic rings. The summed E-state index contributed by atoms with van der Waals surface area (Å²) in [4.78, 5) is 12.8. The van der Waals surface area contributed by atoms with E-state index >= 15 is 0 Å². The first-order chi connectivity index (χ1) is 14.9. The Kier molecular flexibility index (Phi) is 6.29. The van der Waals surface area contributed by atoms with Gasteiger partial charge in [0.1, 0.15) is 29.8 Å². The van der Waals surface area contributed by atoms with Gasteiger partial charge in [0.05, 0.1) is 5.92 Å². The van der Waals surface area contributed by atoms with E-state index in [1.54, 1.807) is 24.3 Å². The van der Waals surface area contributed by atoms with Crippen LogP contribution in [0.5, 0.6) is 5.75 Å². The van der Waals surface area contributed by atoms with E-state index in [0.717, 1.165) is 10.0 Å². The first-order valence-electron chi connectivity index (χ1n) is 9.59. The maximum atomic E-state index is 12.8. The second-order valence-corrected chi connectivity index (χ2v) is 9.00. The first-order valence-corrected chi connectivity index (χ1v) is 11.1. The van der Waals surface area contributed by atoms with E-state index in [1.165, 1.54) is 0 Å². The largest absolute Gasteiger partial charge is 0.489 e. The summed E-state index contributed by atoms with van der Waals surface area (Å²) in [6, 6.07) is 12.8. The number of hydrogen-bond acceptors (Lipinski definition) is 5. The summed E-state index contributed by atoms with van der Waals surface area (Å²) in [5, 5.41) is 10.8. The number of nitrogens with zero attached hydrogens (tertiary/aromatic N) is 1. The van der Waals surface area contributed by atoms with Crippen molar-refractivity contribution in [3.05, 3.63) is 84.8 Å². The third-order valence-electron chi connectivity index (χ3n) is 5.29. The van der Waals surface area contributed by atoms with Crippen molar-refractivity contribution in [2.75, 3.05) is 0 Å². The summed E-state index contributed by atoms with van der Waals surface area (Å²) in [7, 11) is 0. The highest BCUT2D eigenvalue weighted by Crippen LogP contribution is 2.46. The van der Waals surface area contributed by atoms with Crippen molar-refractivity contribution in [2.45, 2.75) is 31.8 Å². The number of ketones is 1. The van der Waals surface area contributed by atoms with Crippen LogP contribution >= 0.6 is 39.1 Å². The molecule has 1 aliphatic heterocycles. The molecule has 158 valence electrons. The van der Waals surface area contributed by atoms with Crippen molar-refractivity contribution < 1.29 is 14.3 Å². The van der Waals surface area contributed by atoms with Crippen molar-refractivity contribution in [3.8, 4) is 11.8 Å². The Balaban J connectivity index is 1.78. The maximum Gasteiger partial charge on any atom is 0.205 e. The fourth-order valence-electron chi connectivity index (χ4n) is 3.84. The van der Waals surface area contributed by atoms with Crippen molar-refractivity contribution in [1.29, 1.82) is 5.26 Å². The molecule has 2 aliphatic rings. The summed E-state index contributed by atoms with van der Waals surface area (Å²) in [5.74, 6) is 0.372. The smallest absolute Gasteiger partial charge is 0.205 e. The van der Waals surface area contributed by atoms with Gasteiger partial charge in [0, 0.05) is 44.1 Å². The Labute approximate surface area is 198 Å². The van der Waals surface area contributed by atoms with Gasteiger partial charge in [-0.15, -0.1) is 0 Å². The molecule has 4 rings (SSSR count). The van der Waals surface area contributed by atoms with Gasteiger partial charge in [0.15, 0.2) is 5.78 Å². The number of ether oxygens (including phenoxy) is 2. The summed E-state index contributed by atoms with van der Waals surface area (Å²) in [5.41, 5.74) is 8.15. The molecule has 31 heavy (non-hydrogen) atoms. The minimum Gasteiger partial charge on any atom is -0.489 e. The van der Waals surface area contributed by atoms with Crippen molar-refractivity contribution in [3.63, 3.8) is 0 Å². The topological polar surface area (TPSA) is 85.3 Å². The SMILES string of the molecule is N#CC1=C(N)OC2=C(C(=O)CCC2)[C@@H]1c1cc(Br)ccc1OCc1ccc(Cl)cc1Cl. The van der Waals surface area contributed by atoms with Gasteiger partial charge in [-0.25, -0.2) is 0 Å². The second-order valence-electron chi connectivity index (χ2n) is 7.24. The molecule has 1 atom stereocenters. The highest BCUT2D eigenvalue weighted by molar-refractivity contribution is 9.10. The van der Waals surface area contributed by atoms with E-state index in [1.807, 2.05) is 12.1 Å². The van der Waals surface area contributed by atoms with Gasteiger partial charge in [-0.3, -0.25) is 4.79 Å². The molecular weight excluding hydrogens is 503 g/mol. The third kappa shape index (κ3) is 4.31. The zero-order chi connectivity index (χ0) is 22.1. The number of carbonyl (C=O) groups is 1. The summed E-state index contributed by atoms with van der Waals surface area (Å²) in [6.07, 6.45) is 1.69. The second kappa shape index (κ2) is 8.96. The molecule has 0 fully saturated rings. The Bertz CT molecular complexity index is 1180. The molecule has 1 heterocycles. The number of nitrogens with two attached hydrogens (primary N) is 1. The Morgan fingerprint density at radius 3 is 2.77 bits per heavy atom. The molecule has 1 aliphatic carbocycles. The molecule has 0 unspecified atom stereocenters. The maximum absolute atomic E-state index is 12.8. The molecule has 0 saturated heterocycles. The minimum absolute atomic E-state index is 0.0209. The fraction of sp³-hybridized carbons (Fsp3) is 0.217. The highest BCUT2D eigenvalue weighted by atomic mass is 79.9. The van der Waals surface area contributed by atoms with E-state index in [0.29, 0.717) is 52.0 Å². The minimum atomic E-state index is -0.658. The summed E-state index contributed by atoms with van der Waals surface area (Å²) < 4.78 is 12.5. The number of Topliss-reactive ketones (excluding diaryl/α,β-unsaturated/α-hetero) is 1. The highest BCUT2D eigenvalue weighted by Gasteiger charge is 2.39. The molecule has 0 radical (unpaired) electrons. The molecule has 2 aromatic carbocycles. The van der Waals surface area contributed by atoms with Crippen LogP contribution in [-0.2, 0) is 16.1 Å². The number of allylic oxidation sites excluding steroid dienone is 3. The van der Waals surface area contributed by atoms with Gasteiger partial charge >= 0.3 is 0 Å². The van der Waals surface area contributed by atoms with Crippen LogP contribution in [0, 0.1) is 11.3 Å². The van der Waals surface area contributed by atoms with Gasteiger partial charge in [-0.2, -0.15) is 5.26 Å². The number of rotatable bonds is 4. The molecule has 0 saturated carbocycles. The molecule has 2 N–H and O–H groups in total. The third-order valence-corrected chi connectivity index (χ3v) is 6.37. The van der Waals surface area contributed by atoms with Crippen LogP contribution in [0.2, 0.25) is 10.0 Å². The molecule has 5 nitrogen and oxygen atoms in total. The molecule has 0 aromatic heterocycles. The van der Waals surface area contributed by atoms with E-state index < -0.39 is 5.92 Å². The van der Waals surface area contributed by atoms with Gasteiger partial charge < -0.3 is 15.2 Å². The zero-order valence-electron chi connectivity index (χ0n) is 16.3. The number of benzene rings is 2. The molecule has 8 heteroatoms. The van der Waals surface area contributed by atoms with Crippen molar-refractivity contribution in [1.82, 2.24) is 0 Å². The van der Waals surface area contributed by atoms with Gasteiger partial charge in [-0.1, -0.05) is 45.2 Å².